The monoisotopic (exact) mass is 234 g/mol. The summed E-state index contributed by atoms with van der Waals surface area (Å²) in [6.07, 6.45) is 5.13. The van der Waals surface area contributed by atoms with E-state index in [4.69, 9.17) is 5.11 Å². The highest BCUT2D eigenvalue weighted by molar-refractivity contribution is 6.31. The Morgan fingerprint density at radius 3 is 2.35 bits per heavy atom. The van der Waals surface area contributed by atoms with Crippen LogP contribution in [0.3, 0.4) is 0 Å². The number of nitrogens with zero attached hydrogens (tertiary/aromatic N) is 2. The smallest absolute Gasteiger partial charge is 0.394 e. The lowest BCUT2D eigenvalue weighted by Crippen LogP contribution is -2.41. The molecule has 0 bridgehead atoms. The molecule has 1 saturated heterocycles. The predicted molar refractivity (Wildman–Crippen MR) is 60.4 cm³/mol. The van der Waals surface area contributed by atoms with E-state index in [2.05, 4.69) is 4.98 Å². The molecule has 0 aromatic carbocycles. The minimum Gasteiger partial charge on any atom is -0.474 e. The lowest BCUT2D eigenvalue weighted by atomic mass is 9.90. The molecule has 1 aliphatic rings. The molecule has 1 aliphatic heterocycles. The van der Waals surface area contributed by atoms with Gasteiger partial charge in [-0.1, -0.05) is 0 Å². The van der Waals surface area contributed by atoms with E-state index in [0.29, 0.717) is 19.0 Å². The van der Waals surface area contributed by atoms with E-state index in [-0.39, 0.29) is 0 Å². The number of piperidine rings is 1. The molecule has 0 radical (unpaired) electrons. The Labute approximate surface area is 99.1 Å². The van der Waals surface area contributed by atoms with Crippen LogP contribution in [-0.4, -0.2) is 40.0 Å². The highest BCUT2D eigenvalue weighted by Crippen LogP contribution is 2.27. The Morgan fingerprint density at radius 1 is 1.24 bits per heavy atom. The third-order valence-electron chi connectivity index (χ3n) is 3.14. The van der Waals surface area contributed by atoms with E-state index in [9.17, 15) is 9.59 Å². The van der Waals surface area contributed by atoms with Gasteiger partial charge in [-0.05, 0) is 36.5 Å². The van der Waals surface area contributed by atoms with Gasteiger partial charge in [0.2, 0.25) is 0 Å². The summed E-state index contributed by atoms with van der Waals surface area (Å²) in [6.45, 7) is 1.02. The van der Waals surface area contributed by atoms with Crippen molar-refractivity contribution in [2.75, 3.05) is 13.1 Å². The molecule has 1 N–H and O–H groups in total. The van der Waals surface area contributed by atoms with Crippen LogP contribution < -0.4 is 0 Å². The Morgan fingerprint density at radius 2 is 1.82 bits per heavy atom. The van der Waals surface area contributed by atoms with Gasteiger partial charge in [0, 0.05) is 25.5 Å². The lowest BCUT2D eigenvalue weighted by Gasteiger charge is -2.31. The van der Waals surface area contributed by atoms with Gasteiger partial charge in [0.05, 0.1) is 0 Å². The first-order valence-electron chi connectivity index (χ1n) is 5.60. The number of carbonyl (C=O) groups excluding carboxylic acids is 1. The van der Waals surface area contributed by atoms with Gasteiger partial charge in [0.15, 0.2) is 0 Å². The van der Waals surface area contributed by atoms with Crippen LogP contribution in [-0.2, 0) is 9.59 Å². The van der Waals surface area contributed by atoms with Crippen LogP contribution in [0.25, 0.3) is 0 Å². The van der Waals surface area contributed by atoms with Crippen LogP contribution in [0.2, 0.25) is 0 Å². The summed E-state index contributed by atoms with van der Waals surface area (Å²) in [4.78, 5) is 27.2. The molecule has 5 nitrogen and oxygen atoms in total. The summed E-state index contributed by atoms with van der Waals surface area (Å²) in [6, 6.07) is 3.94. The van der Waals surface area contributed by atoms with Crippen molar-refractivity contribution in [1.82, 2.24) is 9.88 Å². The summed E-state index contributed by atoms with van der Waals surface area (Å²) in [5, 5.41) is 8.62. The molecule has 0 aliphatic carbocycles. The van der Waals surface area contributed by atoms with Crippen LogP contribution in [0.5, 0.6) is 0 Å². The first-order chi connectivity index (χ1) is 8.18. The third kappa shape index (κ3) is 2.61. The van der Waals surface area contributed by atoms with Crippen molar-refractivity contribution in [2.45, 2.75) is 18.8 Å². The number of hydrogen-bond donors (Lipinski definition) is 1. The van der Waals surface area contributed by atoms with Gasteiger partial charge in [-0.15, -0.1) is 0 Å². The molecule has 2 rings (SSSR count). The maximum Gasteiger partial charge on any atom is 0.394 e. The van der Waals surface area contributed by atoms with Crippen LogP contribution in [0.1, 0.15) is 24.3 Å². The number of aromatic nitrogens is 1. The molecule has 5 heteroatoms. The largest absolute Gasteiger partial charge is 0.474 e. The van der Waals surface area contributed by atoms with Crippen LogP contribution in [0, 0.1) is 0 Å². The van der Waals surface area contributed by atoms with Gasteiger partial charge in [-0.2, -0.15) is 0 Å². The fraction of sp³-hybridized carbons (Fsp3) is 0.417. The predicted octanol–water partition coefficient (Wildman–Crippen LogP) is 0.872. The number of hydrogen-bond acceptors (Lipinski definition) is 3. The molecule has 2 heterocycles. The second-order valence-corrected chi connectivity index (χ2v) is 4.15. The van der Waals surface area contributed by atoms with Crippen molar-refractivity contribution in [2.24, 2.45) is 0 Å². The van der Waals surface area contributed by atoms with E-state index >= 15 is 0 Å². The summed E-state index contributed by atoms with van der Waals surface area (Å²) in [7, 11) is 0. The standard InChI is InChI=1S/C12H14N2O3/c15-11(12(16)17)14-7-3-10(4-8-14)9-1-5-13-6-2-9/h1-2,5-6,10H,3-4,7-8H2,(H,16,17). The molecule has 1 amide bonds. The van der Waals surface area contributed by atoms with Crippen molar-refractivity contribution < 1.29 is 14.7 Å². The first kappa shape index (κ1) is 11.6. The summed E-state index contributed by atoms with van der Waals surface area (Å²) < 4.78 is 0. The van der Waals surface area contributed by atoms with Gasteiger partial charge in [0.25, 0.3) is 0 Å². The molecule has 1 aromatic rings. The van der Waals surface area contributed by atoms with E-state index < -0.39 is 11.9 Å². The minimum absolute atomic E-state index is 0.399. The van der Waals surface area contributed by atoms with Gasteiger partial charge in [0.1, 0.15) is 0 Å². The molecule has 0 unspecified atom stereocenters. The van der Waals surface area contributed by atoms with Gasteiger partial charge in [-0.25, -0.2) is 4.79 Å². The molecule has 0 atom stereocenters. The summed E-state index contributed by atoms with van der Waals surface area (Å²) in [5.41, 5.74) is 1.21. The van der Waals surface area contributed by atoms with Crippen molar-refractivity contribution in [1.29, 1.82) is 0 Å². The second-order valence-electron chi connectivity index (χ2n) is 4.15. The number of likely N-dealkylation sites (tertiary alicyclic amines) is 1. The SMILES string of the molecule is O=C(O)C(=O)N1CCC(c2ccncc2)CC1. The Balaban J connectivity index is 1.95. The maximum absolute atomic E-state index is 11.3. The third-order valence-corrected chi connectivity index (χ3v) is 3.14. The Hall–Kier alpha value is -1.91. The number of carboxylic acids is 1. The molecule has 1 fully saturated rings. The molecule has 0 saturated carbocycles. The zero-order valence-corrected chi connectivity index (χ0v) is 9.37. The van der Waals surface area contributed by atoms with Gasteiger partial charge < -0.3 is 10.0 Å². The molecule has 17 heavy (non-hydrogen) atoms. The number of carbonyl (C=O) groups is 2. The minimum atomic E-state index is -1.37. The van der Waals surface area contributed by atoms with Crippen molar-refractivity contribution >= 4 is 11.9 Å². The lowest BCUT2D eigenvalue weighted by molar-refractivity contribution is -0.156. The highest BCUT2D eigenvalue weighted by Gasteiger charge is 2.27. The van der Waals surface area contributed by atoms with E-state index in [1.54, 1.807) is 12.4 Å². The topological polar surface area (TPSA) is 70.5 Å². The quantitative estimate of drug-likeness (QED) is 0.732. The number of rotatable bonds is 1. The van der Waals surface area contributed by atoms with Gasteiger partial charge >= 0.3 is 11.9 Å². The van der Waals surface area contributed by atoms with E-state index in [1.807, 2.05) is 12.1 Å². The zero-order valence-electron chi connectivity index (χ0n) is 9.37. The van der Waals surface area contributed by atoms with Crippen LogP contribution in [0.4, 0.5) is 0 Å². The van der Waals surface area contributed by atoms with Crippen molar-refractivity contribution in [3.05, 3.63) is 30.1 Å². The first-order valence-corrected chi connectivity index (χ1v) is 5.60. The van der Waals surface area contributed by atoms with Crippen LogP contribution >= 0.6 is 0 Å². The number of amides is 1. The van der Waals surface area contributed by atoms with Crippen molar-refractivity contribution in [3.8, 4) is 0 Å². The van der Waals surface area contributed by atoms with Gasteiger partial charge in [-0.3, -0.25) is 9.78 Å². The highest BCUT2D eigenvalue weighted by atomic mass is 16.4. The molecule has 90 valence electrons. The Bertz CT molecular complexity index is 411. The average molecular weight is 234 g/mol. The van der Waals surface area contributed by atoms with E-state index in [0.717, 1.165) is 12.8 Å². The molecular weight excluding hydrogens is 220 g/mol. The number of carboxylic acid groups (broad SMARTS) is 1. The number of pyridine rings is 1. The Kier molecular flexibility index (Phi) is 3.37. The second kappa shape index (κ2) is 4.95. The van der Waals surface area contributed by atoms with Crippen molar-refractivity contribution in [3.63, 3.8) is 0 Å². The average Bonchev–Trinajstić information content (AvgIpc) is 2.39. The fourth-order valence-electron chi connectivity index (χ4n) is 2.19. The summed E-state index contributed by atoms with van der Waals surface area (Å²) >= 11 is 0. The maximum atomic E-state index is 11.3. The van der Waals surface area contributed by atoms with E-state index in [1.165, 1.54) is 10.5 Å². The summed E-state index contributed by atoms with van der Waals surface area (Å²) in [5.74, 6) is -1.76. The fourth-order valence-corrected chi connectivity index (χ4v) is 2.19. The molecule has 0 spiro atoms. The zero-order chi connectivity index (χ0) is 12.3. The number of aliphatic carboxylic acids is 1. The van der Waals surface area contributed by atoms with Crippen LogP contribution in [0.15, 0.2) is 24.5 Å². The molecular formula is C12H14N2O3. The normalized spacial score (nSPS) is 16.8. The molecule has 1 aromatic heterocycles.